The van der Waals surface area contributed by atoms with Crippen molar-refractivity contribution in [3.8, 4) is 0 Å². The molecule has 1 aliphatic heterocycles. The van der Waals surface area contributed by atoms with Crippen LogP contribution in [0.3, 0.4) is 0 Å². The van der Waals surface area contributed by atoms with Crippen molar-refractivity contribution in [2.45, 2.75) is 50.3 Å². The molecule has 0 N–H and O–H groups in total. The monoisotopic (exact) mass is 432 g/mol. The van der Waals surface area contributed by atoms with Crippen LogP contribution in [-0.2, 0) is 15.4 Å². The van der Waals surface area contributed by atoms with E-state index in [1.165, 1.54) is 15.3 Å². The summed E-state index contributed by atoms with van der Waals surface area (Å²) in [4.78, 5) is 14.0. The van der Waals surface area contributed by atoms with Crippen LogP contribution in [-0.4, -0.2) is 38.8 Å². The minimum Gasteiger partial charge on any atom is -0.311 e. The van der Waals surface area contributed by atoms with Crippen molar-refractivity contribution >= 4 is 21.6 Å². The average Bonchev–Trinajstić information content (AvgIpc) is 2.73. The molecule has 1 fully saturated rings. The number of hydrogen-bond donors (Lipinski definition) is 0. The zero-order valence-electron chi connectivity index (χ0n) is 18.0. The van der Waals surface area contributed by atoms with Gasteiger partial charge in [0.1, 0.15) is 10.7 Å². The second-order valence-electron chi connectivity index (χ2n) is 8.77. The number of benzene rings is 2. The van der Waals surface area contributed by atoms with Crippen molar-refractivity contribution in [3.63, 3.8) is 0 Å². The fourth-order valence-corrected chi connectivity index (χ4v) is 5.18. The minimum absolute atomic E-state index is 0.00419. The fraction of sp³-hybridized carbons (Fsp3) is 0.435. The predicted molar refractivity (Wildman–Crippen MR) is 117 cm³/mol. The summed E-state index contributed by atoms with van der Waals surface area (Å²) in [5.74, 6) is -1.23. The third-order valence-corrected chi connectivity index (χ3v) is 7.45. The van der Waals surface area contributed by atoms with E-state index < -0.39 is 26.6 Å². The van der Waals surface area contributed by atoms with E-state index in [4.69, 9.17) is 0 Å². The molecule has 1 aliphatic rings. The highest BCUT2D eigenvalue weighted by Crippen LogP contribution is 2.27. The minimum atomic E-state index is -3.97. The molecule has 0 radical (unpaired) electrons. The highest BCUT2D eigenvalue weighted by molar-refractivity contribution is 7.89. The standard InChI is InChI=1S/C23H29FN2O3S/c1-23(2,3)18-9-11-19(12-10-18)25(4)22(27)17-8-13-20(24)21(16-17)30(28,29)26-14-6-5-7-15-26/h8-13,16H,5-7,14-15H2,1-4H3. The smallest absolute Gasteiger partial charge is 0.258 e. The normalized spacial score (nSPS) is 15.8. The van der Waals surface area contributed by atoms with Gasteiger partial charge in [-0.1, -0.05) is 39.3 Å². The van der Waals surface area contributed by atoms with Gasteiger partial charge in [0, 0.05) is 31.4 Å². The first-order valence-electron chi connectivity index (χ1n) is 10.2. The molecule has 0 aliphatic carbocycles. The van der Waals surface area contributed by atoms with Crippen molar-refractivity contribution in [2.24, 2.45) is 0 Å². The number of carbonyl (C=O) groups excluding carboxylic acids is 1. The van der Waals surface area contributed by atoms with Crippen LogP contribution in [0.15, 0.2) is 47.4 Å². The fourth-order valence-electron chi connectivity index (χ4n) is 3.57. The number of carbonyl (C=O) groups is 1. The van der Waals surface area contributed by atoms with E-state index in [0.29, 0.717) is 18.8 Å². The van der Waals surface area contributed by atoms with Crippen LogP contribution in [0.5, 0.6) is 0 Å². The Hall–Kier alpha value is -2.25. The highest BCUT2D eigenvalue weighted by atomic mass is 32.2. The second-order valence-corrected chi connectivity index (χ2v) is 10.7. The molecule has 0 saturated carbocycles. The van der Waals surface area contributed by atoms with E-state index >= 15 is 0 Å². The Morgan fingerprint density at radius 2 is 1.60 bits per heavy atom. The molecule has 30 heavy (non-hydrogen) atoms. The summed E-state index contributed by atoms with van der Waals surface area (Å²) < 4.78 is 41.6. The van der Waals surface area contributed by atoms with Gasteiger partial charge in [-0.15, -0.1) is 0 Å². The lowest BCUT2D eigenvalue weighted by molar-refractivity contribution is 0.0992. The maximum atomic E-state index is 14.4. The first-order chi connectivity index (χ1) is 14.0. The SMILES string of the molecule is CN(C(=O)c1ccc(F)c(S(=O)(=O)N2CCCCC2)c1)c1ccc(C(C)(C)C)cc1. The molecule has 0 spiro atoms. The van der Waals surface area contributed by atoms with Gasteiger partial charge in [-0.25, -0.2) is 12.8 Å². The van der Waals surface area contributed by atoms with E-state index in [2.05, 4.69) is 20.8 Å². The summed E-state index contributed by atoms with van der Waals surface area (Å²) in [6, 6.07) is 11.2. The largest absolute Gasteiger partial charge is 0.311 e. The van der Waals surface area contributed by atoms with Crippen LogP contribution in [0.25, 0.3) is 0 Å². The Labute approximate surface area is 178 Å². The Morgan fingerprint density at radius 1 is 1.00 bits per heavy atom. The van der Waals surface area contributed by atoms with Crippen molar-refractivity contribution in [1.29, 1.82) is 0 Å². The van der Waals surface area contributed by atoms with E-state index in [0.717, 1.165) is 37.0 Å². The zero-order valence-corrected chi connectivity index (χ0v) is 18.8. The maximum absolute atomic E-state index is 14.4. The summed E-state index contributed by atoms with van der Waals surface area (Å²) in [5, 5.41) is 0. The molecule has 0 aromatic heterocycles. The Bertz CT molecular complexity index is 1020. The summed E-state index contributed by atoms with van der Waals surface area (Å²) in [7, 11) is -2.35. The Kier molecular flexibility index (Phi) is 6.34. The van der Waals surface area contributed by atoms with Crippen LogP contribution in [0.2, 0.25) is 0 Å². The molecule has 1 heterocycles. The van der Waals surface area contributed by atoms with Crippen LogP contribution < -0.4 is 4.90 Å². The molecule has 162 valence electrons. The van der Waals surface area contributed by atoms with E-state index in [9.17, 15) is 17.6 Å². The lowest BCUT2D eigenvalue weighted by Gasteiger charge is -2.26. The van der Waals surface area contributed by atoms with Crippen LogP contribution in [0, 0.1) is 5.82 Å². The summed E-state index contributed by atoms with van der Waals surface area (Å²) in [6.45, 7) is 7.08. The Balaban J connectivity index is 1.89. The van der Waals surface area contributed by atoms with Gasteiger partial charge in [0.2, 0.25) is 10.0 Å². The molecular formula is C23H29FN2O3S. The van der Waals surface area contributed by atoms with Crippen molar-refractivity contribution < 1.29 is 17.6 Å². The number of halogens is 1. The molecule has 1 saturated heterocycles. The average molecular weight is 433 g/mol. The van der Waals surface area contributed by atoms with Gasteiger partial charge in [0.25, 0.3) is 5.91 Å². The third kappa shape index (κ3) is 4.57. The number of anilines is 1. The molecule has 2 aromatic carbocycles. The van der Waals surface area contributed by atoms with Crippen molar-refractivity contribution in [3.05, 3.63) is 59.4 Å². The quantitative estimate of drug-likeness (QED) is 0.711. The van der Waals surface area contributed by atoms with Gasteiger partial charge in [-0.05, 0) is 54.2 Å². The van der Waals surface area contributed by atoms with Crippen LogP contribution in [0.4, 0.5) is 10.1 Å². The van der Waals surface area contributed by atoms with Gasteiger partial charge in [-0.2, -0.15) is 4.31 Å². The molecule has 5 nitrogen and oxygen atoms in total. The summed E-state index contributed by atoms with van der Waals surface area (Å²) in [6.07, 6.45) is 2.48. The molecule has 0 bridgehead atoms. The zero-order chi connectivity index (χ0) is 22.1. The van der Waals surface area contributed by atoms with Crippen LogP contribution >= 0.6 is 0 Å². The molecule has 0 unspecified atom stereocenters. The van der Waals surface area contributed by atoms with Crippen molar-refractivity contribution in [2.75, 3.05) is 25.0 Å². The number of rotatable bonds is 4. The number of amides is 1. The number of nitrogens with zero attached hydrogens (tertiary/aromatic N) is 2. The number of hydrogen-bond acceptors (Lipinski definition) is 3. The van der Waals surface area contributed by atoms with Gasteiger partial charge in [0.05, 0.1) is 0 Å². The number of sulfonamides is 1. The van der Waals surface area contributed by atoms with Gasteiger partial charge in [-0.3, -0.25) is 4.79 Å². The second kappa shape index (κ2) is 8.47. The molecule has 3 rings (SSSR count). The maximum Gasteiger partial charge on any atom is 0.258 e. The van der Waals surface area contributed by atoms with Gasteiger partial charge < -0.3 is 4.90 Å². The van der Waals surface area contributed by atoms with Gasteiger partial charge >= 0.3 is 0 Å². The van der Waals surface area contributed by atoms with E-state index in [1.807, 2.05) is 24.3 Å². The van der Waals surface area contributed by atoms with E-state index in [-0.39, 0.29) is 11.0 Å². The molecule has 2 aromatic rings. The van der Waals surface area contributed by atoms with Crippen LogP contribution in [0.1, 0.15) is 56.0 Å². The molecular weight excluding hydrogens is 403 g/mol. The Morgan fingerprint density at radius 3 is 2.17 bits per heavy atom. The molecule has 1 amide bonds. The molecule has 0 atom stereocenters. The lowest BCUT2D eigenvalue weighted by Crippen LogP contribution is -2.36. The first-order valence-corrected chi connectivity index (χ1v) is 11.6. The highest BCUT2D eigenvalue weighted by Gasteiger charge is 2.30. The third-order valence-electron chi connectivity index (χ3n) is 5.54. The predicted octanol–water partition coefficient (Wildman–Crippen LogP) is 4.57. The molecule has 7 heteroatoms. The lowest BCUT2D eigenvalue weighted by atomic mass is 9.87. The summed E-state index contributed by atoms with van der Waals surface area (Å²) >= 11 is 0. The van der Waals surface area contributed by atoms with Crippen molar-refractivity contribution in [1.82, 2.24) is 4.31 Å². The first kappa shape index (κ1) is 22.4. The van der Waals surface area contributed by atoms with E-state index in [1.54, 1.807) is 7.05 Å². The van der Waals surface area contributed by atoms with Gasteiger partial charge in [0.15, 0.2) is 0 Å². The topological polar surface area (TPSA) is 57.7 Å². The number of piperidine rings is 1. The summed E-state index contributed by atoms with van der Waals surface area (Å²) in [5.41, 5.74) is 1.95.